The SMILES string of the molecule is COc1ccc2c(c1)C(=C(C#N)C(=O)O)C(=O)N2C. The van der Waals surface area contributed by atoms with Crippen LogP contribution in [-0.2, 0) is 9.59 Å². The zero-order valence-corrected chi connectivity index (χ0v) is 10.3. The van der Waals surface area contributed by atoms with Crippen molar-refractivity contribution < 1.29 is 19.4 Å². The van der Waals surface area contributed by atoms with E-state index in [4.69, 9.17) is 15.1 Å². The number of methoxy groups -OCH3 is 1. The van der Waals surface area contributed by atoms with Gasteiger partial charge in [0.2, 0.25) is 0 Å². The zero-order chi connectivity index (χ0) is 14.2. The number of carboxylic acid groups (broad SMARTS) is 1. The first-order valence-electron chi connectivity index (χ1n) is 5.35. The van der Waals surface area contributed by atoms with Gasteiger partial charge in [-0.2, -0.15) is 5.26 Å². The molecule has 0 aliphatic carbocycles. The number of ether oxygens (including phenoxy) is 1. The molecule has 0 spiro atoms. The van der Waals surface area contributed by atoms with Crippen LogP contribution in [0.1, 0.15) is 5.56 Å². The molecule has 0 saturated heterocycles. The summed E-state index contributed by atoms with van der Waals surface area (Å²) in [7, 11) is 2.99. The number of benzene rings is 1. The fourth-order valence-electron chi connectivity index (χ4n) is 1.98. The van der Waals surface area contributed by atoms with Crippen LogP contribution >= 0.6 is 0 Å². The van der Waals surface area contributed by atoms with E-state index in [0.29, 0.717) is 17.0 Å². The van der Waals surface area contributed by atoms with E-state index >= 15 is 0 Å². The Bertz CT molecular complexity index is 655. The molecule has 2 rings (SSSR count). The summed E-state index contributed by atoms with van der Waals surface area (Å²) in [5, 5.41) is 17.9. The molecule has 0 bridgehead atoms. The molecular weight excluding hydrogens is 248 g/mol. The van der Waals surface area contributed by atoms with Crippen LogP contribution in [0.4, 0.5) is 5.69 Å². The minimum Gasteiger partial charge on any atom is -0.497 e. The van der Waals surface area contributed by atoms with Gasteiger partial charge < -0.3 is 14.7 Å². The molecule has 1 amide bonds. The molecule has 1 aliphatic heterocycles. The van der Waals surface area contributed by atoms with E-state index in [1.807, 2.05) is 0 Å². The van der Waals surface area contributed by atoms with Crippen LogP contribution in [0.2, 0.25) is 0 Å². The molecule has 1 aromatic carbocycles. The van der Waals surface area contributed by atoms with E-state index in [1.54, 1.807) is 24.3 Å². The molecule has 6 heteroatoms. The lowest BCUT2D eigenvalue weighted by Gasteiger charge is -2.09. The first-order valence-corrected chi connectivity index (χ1v) is 5.35. The number of rotatable bonds is 2. The number of amides is 1. The third-order valence-electron chi connectivity index (χ3n) is 2.93. The third kappa shape index (κ3) is 1.81. The maximum Gasteiger partial charge on any atom is 0.347 e. The lowest BCUT2D eigenvalue weighted by molar-refractivity contribution is -0.132. The number of likely N-dealkylation sites (N-methyl/N-ethyl adjacent to an activating group) is 1. The largest absolute Gasteiger partial charge is 0.497 e. The number of anilines is 1. The number of carbonyl (C=O) groups is 2. The van der Waals surface area contributed by atoms with Crippen molar-refractivity contribution in [2.75, 3.05) is 19.1 Å². The molecule has 96 valence electrons. The fraction of sp³-hybridized carbons (Fsp3) is 0.154. The molecule has 0 atom stereocenters. The van der Waals surface area contributed by atoms with Crippen LogP contribution in [0.15, 0.2) is 23.8 Å². The number of nitriles is 1. The predicted octanol–water partition coefficient (Wildman–Crippen LogP) is 1.03. The van der Waals surface area contributed by atoms with Crippen LogP contribution in [0.5, 0.6) is 5.75 Å². The van der Waals surface area contributed by atoms with Crippen molar-refractivity contribution in [2.24, 2.45) is 0 Å². The quantitative estimate of drug-likeness (QED) is 0.632. The second-order valence-electron chi connectivity index (χ2n) is 3.91. The smallest absolute Gasteiger partial charge is 0.347 e. The Morgan fingerprint density at radius 3 is 2.68 bits per heavy atom. The Labute approximate surface area is 109 Å². The second-order valence-corrected chi connectivity index (χ2v) is 3.91. The molecule has 0 radical (unpaired) electrons. The van der Waals surface area contributed by atoms with Gasteiger partial charge >= 0.3 is 5.97 Å². The summed E-state index contributed by atoms with van der Waals surface area (Å²) in [5.41, 5.74) is 0.274. The molecule has 19 heavy (non-hydrogen) atoms. The lowest BCUT2D eigenvalue weighted by atomic mass is 10.0. The Morgan fingerprint density at radius 1 is 1.47 bits per heavy atom. The Kier molecular flexibility index (Phi) is 2.97. The van der Waals surface area contributed by atoms with Gasteiger partial charge in [0.05, 0.1) is 18.4 Å². The van der Waals surface area contributed by atoms with Crippen LogP contribution in [0.3, 0.4) is 0 Å². The number of carbonyl (C=O) groups excluding carboxylic acids is 1. The van der Waals surface area contributed by atoms with Gasteiger partial charge in [-0.1, -0.05) is 0 Å². The molecule has 0 unspecified atom stereocenters. The van der Waals surface area contributed by atoms with Crippen LogP contribution in [-0.4, -0.2) is 31.1 Å². The predicted molar refractivity (Wildman–Crippen MR) is 66.6 cm³/mol. The first kappa shape index (κ1) is 12.6. The van der Waals surface area contributed by atoms with Gasteiger partial charge in [-0.3, -0.25) is 4.79 Å². The van der Waals surface area contributed by atoms with Crippen LogP contribution in [0, 0.1) is 11.3 Å². The minimum absolute atomic E-state index is 0.105. The van der Waals surface area contributed by atoms with Crippen LogP contribution < -0.4 is 9.64 Å². The normalized spacial score (nSPS) is 15.8. The molecule has 1 aromatic rings. The molecule has 1 N–H and O–H groups in total. The monoisotopic (exact) mass is 258 g/mol. The van der Waals surface area contributed by atoms with E-state index in [-0.39, 0.29) is 5.57 Å². The van der Waals surface area contributed by atoms with Crippen LogP contribution in [0.25, 0.3) is 5.57 Å². The number of hydrogen-bond donors (Lipinski definition) is 1. The third-order valence-corrected chi connectivity index (χ3v) is 2.93. The van der Waals surface area contributed by atoms with Gasteiger partial charge in [0.1, 0.15) is 11.8 Å². The highest BCUT2D eigenvalue weighted by molar-refractivity contribution is 6.36. The summed E-state index contributed by atoms with van der Waals surface area (Å²) in [6, 6.07) is 6.43. The van der Waals surface area contributed by atoms with Gasteiger partial charge in [0.15, 0.2) is 5.57 Å². The number of nitrogens with zero attached hydrogens (tertiary/aromatic N) is 2. The standard InChI is InChI=1S/C13H10N2O4/c1-15-10-4-3-7(19-2)5-8(10)11(12(15)16)9(6-14)13(17)18/h3-5H,1-2H3,(H,17,18). The topological polar surface area (TPSA) is 90.6 Å². The van der Waals surface area contributed by atoms with Gasteiger partial charge in [-0.05, 0) is 18.2 Å². The zero-order valence-electron chi connectivity index (χ0n) is 10.3. The summed E-state index contributed by atoms with van der Waals surface area (Å²) in [5.74, 6) is -1.45. The highest BCUT2D eigenvalue weighted by Crippen LogP contribution is 2.39. The van der Waals surface area contributed by atoms with Crippen molar-refractivity contribution >= 4 is 23.1 Å². The summed E-state index contributed by atoms with van der Waals surface area (Å²) in [6.07, 6.45) is 0. The van der Waals surface area contributed by atoms with Gasteiger partial charge in [-0.15, -0.1) is 0 Å². The molecule has 6 nitrogen and oxygen atoms in total. The number of aliphatic carboxylic acids is 1. The average Bonchev–Trinajstić information content (AvgIpc) is 2.64. The molecule has 0 saturated carbocycles. The summed E-state index contributed by atoms with van der Waals surface area (Å²) in [6.45, 7) is 0. The van der Waals surface area contributed by atoms with Gasteiger partial charge in [0, 0.05) is 12.6 Å². The number of hydrogen-bond acceptors (Lipinski definition) is 4. The van der Waals surface area contributed by atoms with Crippen molar-refractivity contribution in [2.45, 2.75) is 0 Å². The summed E-state index contributed by atoms with van der Waals surface area (Å²) >= 11 is 0. The van der Waals surface area contributed by atoms with E-state index in [0.717, 1.165) is 0 Å². The van der Waals surface area contributed by atoms with E-state index < -0.39 is 17.4 Å². The minimum atomic E-state index is -1.42. The molecule has 0 fully saturated rings. The maximum atomic E-state index is 12.1. The van der Waals surface area contributed by atoms with Crippen molar-refractivity contribution in [3.8, 4) is 11.8 Å². The lowest BCUT2D eigenvalue weighted by Crippen LogP contribution is -2.21. The number of carboxylic acids is 1. The molecular formula is C13H10N2O4. The summed E-state index contributed by atoms with van der Waals surface area (Å²) < 4.78 is 5.05. The molecule has 1 heterocycles. The Hall–Kier alpha value is -2.81. The van der Waals surface area contributed by atoms with Gasteiger partial charge in [-0.25, -0.2) is 4.79 Å². The first-order chi connectivity index (χ1) is 9.01. The highest BCUT2D eigenvalue weighted by Gasteiger charge is 2.34. The molecule has 0 aromatic heterocycles. The van der Waals surface area contributed by atoms with Gasteiger partial charge in [0.25, 0.3) is 5.91 Å². The van der Waals surface area contributed by atoms with Crippen molar-refractivity contribution in [1.29, 1.82) is 5.26 Å². The Morgan fingerprint density at radius 2 is 2.16 bits per heavy atom. The van der Waals surface area contributed by atoms with Crippen molar-refractivity contribution in [3.63, 3.8) is 0 Å². The fourth-order valence-corrected chi connectivity index (χ4v) is 1.98. The highest BCUT2D eigenvalue weighted by atomic mass is 16.5. The second kappa shape index (κ2) is 4.46. The van der Waals surface area contributed by atoms with E-state index in [2.05, 4.69) is 0 Å². The summed E-state index contributed by atoms with van der Waals surface area (Å²) in [4.78, 5) is 24.4. The molecule has 1 aliphatic rings. The van der Waals surface area contributed by atoms with E-state index in [1.165, 1.54) is 19.1 Å². The van der Waals surface area contributed by atoms with Crippen molar-refractivity contribution in [1.82, 2.24) is 0 Å². The van der Waals surface area contributed by atoms with Crippen molar-refractivity contribution in [3.05, 3.63) is 29.3 Å². The maximum absolute atomic E-state index is 12.1. The van der Waals surface area contributed by atoms with E-state index in [9.17, 15) is 9.59 Å². The average molecular weight is 258 g/mol. The number of fused-ring (bicyclic) bond motifs is 1. The Balaban J connectivity index is 2.77.